The summed E-state index contributed by atoms with van der Waals surface area (Å²) in [6, 6.07) is 5.10. The van der Waals surface area contributed by atoms with E-state index in [1.54, 1.807) is 18.1 Å². The normalized spacial score (nSPS) is 23.1. The van der Waals surface area contributed by atoms with Gasteiger partial charge in [-0.15, -0.1) is 0 Å². The number of hydrogen-bond donors (Lipinski definition) is 0. The highest BCUT2D eigenvalue weighted by atomic mass is 16.5. The Kier molecular flexibility index (Phi) is 5.00. The Balaban J connectivity index is 1.70. The Morgan fingerprint density at radius 2 is 2.24 bits per heavy atom. The van der Waals surface area contributed by atoms with Gasteiger partial charge in [-0.05, 0) is 31.4 Å². The van der Waals surface area contributed by atoms with Gasteiger partial charge < -0.3 is 14.5 Å². The average Bonchev–Trinajstić information content (AvgIpc) is 3.07. The van der Waals surface area contributed by atoms with Crippen LogP contribution in [-0.2, 0) is 9.53 Å². The zero-order valence-corrected chi connectivity index (χ0v) is 14.4. The lowest BCUT2D eigenvalue weighted by atomic mass is 9.78. The lowest BCUT2D eigenvalue weighted by Gasteiger charge is -2.39. The molecule has 25 heavy (non-hydrogen) atoms. The van der Waals surface area contributed by atoms with Crippen LogP contribution in [-0.4, -0.2) is 66.5 Å². The highest BCUT2D eigenvalue weighted by Crippen LogP contribution is 2.40. The van der Waals surface area contributed by atoms with Gasteiger partial charge in [0.1, 0.15) is 11.8 Å². The van der Waals surface area contributed by atoms with E-state index in [4.69, 9.17) is 10.00 Å². The van der Waals surface area contributed by atoms with Crippen LogP contribution < -0.4 is 0 Å². The first-order chi connectivity index (χ1) is 12.1. The predicted molar refractivity (Wildman–Crippen MR) is 89.6 cm³/mol. The monoisotopic (exact) mass is 342 g/mol. The molecular formula is C18H22N4O3. The van der Waals surface area contributed by atoms with Gasteiger partial charge in [-0.1, -0.05) is 0 Å². The Morgan fingerprint density at radius 1 is 1.40 bits per heavy atom. The van der Waals surface area contributed by atoms with Gasteiger partial charge in [0.25, 0.3) is 5.91 Å². The van der Waals surface area contributed by atoms with Crippen molar-refractivity contribution in [2.24, 2.45) is 5.41 Å². The minimum absolute atomic E-state index is 0.129. The third-order valence-electron chi connectivity index (χ3n) is 5.16. The second-order valence-electron chi connectivity index (χ2n) is 6.69. The zero-order chi connectivity index (χ0) is 17.9. The van der Waals surface area contributed by atoms with Gasteiger partial charge in [0.05, 0.1) is 17.6 Å². The molecule has 2 aliphatic heterocycles. The Labute approximate surface area is 147 Å². The Morgan fingerprint density at radius 3 is 2.92 bits per heavy atom. The SMILES string of the molecule is COCCN1CCC[C@@]2(CCN(C(=O)c3ccc(C#N)nc3)C2)C1=O. The summed E-state index contributed by atoms with van der Waals surface area (Å²) in [4.78, 5) is 33.2. The van der Waals surface area contributed by atoms with Crippen LogP contribution in [0.4, 0.5) is 0 Å². The van der Waals surface area contributed by atoms with Gasteiger partial charge in [-0.3, -0.25) is 9.59 Å². The van der Waals surface area contributed by atoms with Crippen LogP contribution in [0.25, 0.3) is 0 Å². The number of hydrogen-bond acceptors (Lipinski definition) is 5. The number of methoxy groups -OCH3 is 1. The number of ether oxygens (including phenoxy) is 1. The topological polar surface area (TPSA) is 86.5 Å². The lowest BCUT2D eigenvalue weighted by molar-refractivity contribution is -0.146. The van der Waals surface area contributed by atoms with Crippen LogP contribution in [0.5, 0.6) is 0 Å². The van der Waals surface area contributed by atoms with E-state index < -0.39 is 5.41 Å². The quantitative estimate of drug-likeness (QED) is 0.816. The van der Waals surface area contributed by atoms with Crippen molar-refractivity contribution in [2.75, 3.05) is 39.9 Å². The molecule has 2 aliphatic rings. The summed E-state index contributed by atoms with van der Waals surface area (Å²) >= 11 is 0. The summed E-state index contributed by atoms with van der Waals surface area (Å²) in [6.45, 7) is 2.92. The maximum atomic E-state index is 12.9. The van der Waals surface area contributed by atoms with E-state index in [2.05, 4.69) is 4.98 Å². The Bertz CT molecular complexity index is 697. The molecular weight excluding hydrogens is 320 g/mol. The van der Waals surface area contributed by atoms with Gasteiger partial charge >= 0.3 is 0 Å². The Hall–Kier alpha value is -2.46. The summed E-state index contributed by atoms with van der Waals surface area (Å²) in [5.74, 6) is 0.0136. The van der Waals surface area contributed by atoms with Crippen LogP contribution >= 0.6 is 0 Å². The minimum atomic E-state index is -0.457. The van der Waals surface area contributed by atoms with Gasteiger partial charge in [0.15, 0.2) is 0 Å². The predicted octanol–water partition coefficient (Wildman–Crippen LogP) is 1.05. The molecule has 7 nitrogen and oxygen atoms in total. The van der Waals surface area contributed by atoms with Crippen molar-refractivity contribution < 1.29 is 14.3 Å². The number of carbonyl (C=O) groups excluding carboxylic acids is 2. The van der Waals surface area contributed by atoms with E-state index in [0.717, 1.165) is 19.4 Å². The van der Waals surface area contributed by atoms with Gasteiger partial charge in [-0.25, -0.2) is 4.98 Å². The number of aromatic nitrogens is 1. The second-order valence-corrected chi connectivity index (χ2v) is 6.69. The molecule has 7 heteroatoms. The molecule has 132 valence electrons. The molecule has 0 unspecified atom stereocenters. The molecule has 0 aromatic carbocycles. The third-order valence-corrected chi connectivity index (χ3v) is 5.16. The third kappa shape index (κ3) is 3.35. The first-order valence-electron chi connectivity index (χ1n) is 8.53. The van der Waals surface area contributed by atoms with Gasteiger partial charge in [0.2, 0.25) is 5.91 Å². The van der Waals surface area contributed by atoms with Crippen molar-refractivity contribution in [3.8, 4) is 6.07 Å². The van der Waals surface area contributed by atoms with Crippen molar-refractivity contribution in [3.63, 3.8) is 0 Å². The largest absolute Gasteiger partial charge is 0.383 e. The summed E-state index contributed by atoms with van der Waals surface area (Å²) in [7, 11) is 1.63. The van der Waals surface area contributed by atoms with E-state index in [-0.39, 0.29) is 17.5 Å². The fraction of sp³-hybridized carbons (Fsp3) is 0.556. The maximum Gasteiger partial charge on any atom is 0.255 e. The number of nitrogens with zero attached hydrogens (tertiary/aromatic N) is 4. The fourth-order valence-corrected chi connectivity index (χ4v) is 3.76. The van der Waals surface area contributed by atoms with Crippen molar-refractivity contribution in [2.45, 2.75) is 19.3 Å². The molecule has 0 radical (unpaired) electrons. The maximum absolute atomic E-state index is 12.9. The van der Waals surface area contributed by atoms with Crippen LogP contribution in [0.2, 0.25) is 0 Å². The van der Waals surface area contributed by atoms with Gasteiger partial charge in [0, 0.05) is 39.5 Å². The van der Waals surface area contributed by atoms with E-state index in [9.17, 15) is 9.59 Å². The number of likely N-dealkylation sites (tertiary alicyclic amines) is 2. The van der Waals surface area contributed by atoms with E-state index in [1.807, 2.05) is 11.0 Å². The number of nitriles is 1. The molecule has 0 bridgehead atoms. The molecule has 3 heterocycles. The zero-order valence-electron chi connectivity index (χ0n) is 14.4. The molecule has 0 N–H and O–H groups in total. The van der Waals surface area contributed by atoms with Crippen LogP contribution in [0.15, 0.2) is 18.3 Å². The average molecular weight is 342 g/mol. The first-order valence-corrected chi connectivity index (χ1v) is 8.53. The van der Waals surface area contributed by atoms with E-state index in [1.165, 1.54) is 12.3 Å². The number of amides is 2. The summed E-state index contributed by atoms with van der Waals surface area (Å²) in [5, 5.41) is 8.80. The van der Waals surface area contributed by atoms with Crippen molar-refractivity contribution >= 4 is 11.8 Å². The van der Waals surface area contributed by atoms with Gasteiger partial charge in [-0.2, -0.15) is 5.26 Å². The highest BCUT2D eigenvalue weighted by Gasteiger charge is 2.49. The minimum Gasteiger partial charge on any atom is -0.383 e. The molecule has 1 aromatic heterocycles. The van der Waals surface area contributed by atoms with Crippen LogP contribution in [0, 0.1) is 16.7 Å². The van der Waals surface area contributed by atoms with Crippen molar-refractivity contribution in [3.05, 3.63) is 29.6 Å². The number of carbonyl (C=O) groups is 2. The second kappa shape index (κ2) is 7.19. The number of rotatable bonds is 4. The summed E-state index contributed by atoms with van der Waals surface area (Å²) in [5.41, 5.74) is 0.281. The summed E-state index contributed by atoms with van der Waals surface area (Å²) < 4.78 is 5.09. The van der Waals surface area contributed by atoms with Crippen molar-refractivity contribution in [1.29, 1.82) is 5.26 Å². The van der Waals surface area contributed by atoms with Crippen LogP contribution in [0.3, 0.4) is 0 Å². The molecule has 3 rings (SSSR count). The fourth-order valence-electron chi connectivity index (χ4n) is 3.76. The smallest absolute Gasteiger partial charge is 0.255 e. The molecule has 2 amide bonds. The number of pyridine rings is 1. The molecule has 0 aliphatic carbocycles. The van der Waals surface area contributed by atoms with Crippen molar-refractivity contribution in [1.82, 2.24) is 14.8 Å². The van der Waals surface area contributed by atoms with Crippen LogP contribution in [0.1, 0.15) is 35.3 Å². The van der Waals surface area contributed by atoms with E-state index in [0.29, 0.717) is 38.2 Å². The molecule has 2 saturated heterocycles. The number of piperidine rings is 1. The lowest BCUT2D eigenvalue weighted by Crippen LogP contribution is -2.51. The summed E-state index contributed by atoms with van der Waals surface area (Å²) in [6.07, 6.45) is 3.91. The first kappa shape index (κ1) is 17.4. The van der Waals surface area contributed by atoms with E-state index >= 15 is 0 Å². The standard InChI is InChI=1S/C18H22N4O3/c1-25-10-9-21-7-2-5-18(17(21)24)6-8-22(13-18)16(23)14-3-4-15(11-19)20-12-14/h3-4,12H,2,5-10,13H2,1H3/t18-/m0/s1. The molecule has 1 aromatic rings. The highest BCUT2D eigenvalue weighted by molar-refractivity contribution is 5.95. The molecule has 1 spiro atoms. The molecule has 1 atom stereocenters. The molecule has 2 fully saturated rings. The molecule has 0 saturated carbocycles.